The average Bonchev–Trinajstić information content (AvgIpc) is 3.78. The minimum Gasteiger partial charge on any atom is -0.844 e. The SMILES string of the molecule is C=CC1C[N+]2(Cc3cc(OCC)nc(C4CC4)n3)CCC1CC2[C@H]([O-])c1ccnc2ccc(OC)cc12.Cl. The minimum atomic E-state index is -0.873. The number of methoxy groups -OCH3 is 1. The van der Waals surface area contributed by atoms with Crippen molar-refractivity contribution in [1.82, 2.24) is 15.0 Å². The van der Waals surface area contributed by atoms with Gasteiger partial charge in [0.15, 0.2) is 0 Å². The number of aromatic nitrogens is 3. The summed E-state index contributed by atoms with van der Waals surface area (Å²) in [5, 5.41) is 15.4. The third-order valence-corrected chi connectivity index (χ3v) is 8.80. The standard InChI is InChI=1S/C30H36N4O3.ClH/c1-4-19-17-34(18-22-15-28(37-5-2)33-30(32-22)20-6-7-20)13-11-21(19)14-27(34)29(35)24-10-12-31-26-9-8-23(36-3)16-25(24)26;/h4,8-10,12,15-16,19-21,27,29H,1,5-7,11,13-14,17-18H2,2-3H3;1H/t19?,21?,27?,29-,34?;/m1./s1. The largest absolute Gasteiger partial charge is 0.844 e. The fourth-order valence-corrected chi connectivity index (χ4v) is 6.73. The van der Waals surface area contributed by atoms with Crippen LogP contribution >= 0.6 is 12.4 Å². The van der Waals surface area contributed by atoms with Gasteiger partial charge in [0.1, 0.15) is 23.8 Å². The second-order valence-electron chi connectivity index (χ2n) is 11.0. The Morgan fingerprint density at radius 2 is 2.03 bits per heavy atom. The van der Waals surface area contributed by atoms with E-state index < -0.39 is 6.10 Å². The number of ether oxygens (including phenoxy) is 2. The molecule has 8 heteroatoms. The predicted octanol–water partition coefficient (Wildman–Crippen LogP) is 4.74. The lowest BCUT2D eigenvalue weighted by molar-refractivity contribution is -0.990. The van der Waals surface area contributed by atoms with Gasteiger partial charge in [-0.2, -0.15) is 4.98 Å². The van der Waals surface area contributed by atoms with Crippen LogP contribution in [-0.4, -0.2) is 52.3 Å². The summed E-state index contributed by atoms with van der Waals surface area (Å²) in [6.07, 6.45) is 7.30. The van der Waals surface area contributed by atoms with Crippen molar-refractivity contribution >= 4 is 23.3 Å². The summed E-state index contributed by atoms with van der Waals surface area (Å²) >= 11 is 0. The van der Waals surface area contributed by atoms with Gasteiger partial charge in [0.2, 0.25) is 5.88 Å². The number of piperidine rings is 3. The summed E-state index contributed by atoms with van der Waals surface area (Å²) < 4.78 is 12.0. The van der Waals surface area contributed by atoms with Gasteiger partial charge < -0.3 is 19.1 Å². The lowest BCUT2D eigenvalue weighted by atomic mass is 9.71. The van der Waals surface area contributed by atoms with Crippen LogP contribution in [0.1, 0.15) is 61.7 Å². The Balaban J connectivity index is 0.00000294. The molecule has 7 nitrogen and oxygen atoms in total. The van der Waals surface area contributed by atoms with E-state index >= 15 is 0 Å². The Kier molecular flexibility index (Phi) is 7.63. The zero-order chi connectivity index (χ0) is 25.6. The predicted molar refractivity (Wildman–Crippen MR) is 147 cm³/mol. The first kappa shape index (κ1) is 26.9. The summed E-state index contributed by atoms with van der Waals surface area (Å²) in [4.78, 5) is 14.2. The van der Waals surface area contributed by atoms with E-state index in [0.717, 1.165) is 83.5 Å². The molecule has 202 valence electrons. The summed E-state index contributed by atoms with van der Waals surface area (Å²) in [6, 6.07) is 9.64. The van der Waals surface area contributed by atoms with Crippen molar-refractivity contribution < 1.29 is 19.1 Å². The number of hydrogen-bond donors (Lipinski definition) is 0. The molecular weight excluding hydrogens is 500 g/mol. The first-order valence-corrected chi connectivity index (χ1v) is 13.6. The Hall–Kier alpha value is -2.74. The molecule has 38 heavy (non-hydrogen) atoms. The van der Waals surface area contributed by atoms with Gasteiger partial charge in [-0.3, -0.25) is 4.98 Å². The molecule has 0 N–H and O–H groups in total. The van der Waals surface area contributed by atoms with Crippen LogP contribution in [0.15, 0.2) is 49.2 Å². The highest BCUT2D eigenvalue weighted by Gasteiger charge is 2.52. The van der Waals surface area contributed by atoms with Gasteiger partial charge in [0.25, 0.3) is 0 Å². The molecule has 2 aromatic heterocycles. The van der Waals surface area contributed by atoms with E-state index in [1.807, 2.05) is 37.3 Å². The molecular formula is C30H37ClN4O3. The molecule has 0 radical (unpaired) electrons. The fraction of sp³-hybridized carbons (Fsp3) is 0.500. The van der Waals surface area contributed by atoms with Crippen molar-refractivity contribution in [3.63, 3.8) is 0 Å². The number of pyridine rings is 1. The third-order valence-electron chi connectivity index (χ3n) is 8.80. The summed E-state index contributed by atoms with van der Waals surface area (Å²) in [7, 11) is 1.65. The average molecular weight is 537 g/mol. The van der Waals surface area contributed by atoms with Gasteiger partial charge in [-0.15, -0.1) is 19.0 Å². The van der Waals surface area contributed by atoms with E-state index in [4.69, 9.17) is 14.5 Å². The highest BCUT2D eigenvalue weighted by molar-refractivity contribution is 5.85. The van der Waals surface area contributed by atoms with Crippen LogP contribution in [-0.2, 0) is 6.54 Å². The van der Waals surface area contributed by atoms with Gasteiger partial charge in [0.05, 0.1) is 38.4 Å². The van der Waals surface area contributed by atoms with Crippen LogP contribution in [0.25, 0.3) is 10.9 Å². The van der Waals surface area contributed by atoms with Crippen LogP contribution in [0.3, 0.4) is 0 Å². The zero-order valence-electron chi connectivity index (χ0n) is 22.2. The van der Waals surface area contributed by atoms with Gasteiger partial charge in [-0.1, -0.05) is 6.08 Å². The lowest BCUT2D eigenvalue weighted by Gasteiger charge is -2.60. The third kappa shape index (κ3) is 4.88. The monoisotopic (exact) mass is 536 g/mol. The molecule has 4 fully saturated rings. The van der Waals surface area contributed by atoms with Gasteiger partial charge in [0, 0.05) is 42.3 Å². The van der Waals surface area contributed by atoms with Crippen LogP contribution in [0.4, 0.5) is 0 Å². The maximum Gasteiger partial charge on any atom is 0.217 e. The van der Waals surface area contributed by atoms with E-state index in [2.05, 4.69) is 22.6 Å². The number of rotatable bonds is 9. The molecule has 5 atom stereocenters. The molecule has 5 heterocycles. The molecule has 4 unspecified atom stereocenters. The Morgan fingerprint density at radius 1 is 1.18 bits per heavy atom. The molecule has 1 aromatic carbocycles. The lowest BCUT2D eigenvalue weighted by Crippen LogP contribution is -2.68. The second-order valence-corrected chi connectivity index (χ2v) is 11.0. The van der Waals surface area contributed by atoms with E-state index in [9.17, 15) is 5.11 Å². The van der Waals surface area contributed by atoms with E-state index in [1.54, 1.807) is 13.3 Å². The molecule has 0 amide bonds. The minimum absolute atomic E-state index is 0. The Morgan fingerprint density at radius 3 is 2.76 bits per heavy atom. The van der Waals surface area contributed by atoms with Crippen molar-refractivity contribution in [3.05, 3.63) is 66.3 Å². The van der Waals surface area contributed by atoms with Crippen LogP contribution in [0.2, 0.25) is 0 Å². The van der Waals surface area contributed by atoms with Crippen molar-refractivity contribution in [3.8, 4) is 11.6 Å². The molecule has 7 rings (SSSR count). The zero-order valence-corrected chi connectivity index (χ0v) is 23.0. The van der Waals surface area contributed by atoms with Crippen molar-refractivity contribution in [2.24, 2.45) is 11.8 Å². The molecule has 3 aliphatic heterocycles. The van der Waals surface area contributed by atoms with Gasteiger partial charge >= 0.3 is 0 Å². The summed E-state index contributed by atoms with van der Waals surface area (Å²) in [5.41, 5.74) is 2.63. The molecule has 1 saturated carbocycles. The summed E-state index contributed by atoms with van der Waals surface area (Å²) in [5.74, 6) is 3.66. The number of benzene rings is 1. The van der Waals surface area contributed by atoms with Crippen LogP contribution < -0.4 is 14.6 Å². The van der Waals surface area contributed by atoms with Gasteiger partial charge in [-0.05, 0) is 61.6 Å². The first-order valence-electron chi connectivity index (χ1n) is 13.6. The molecule has 4 aliphatic rings. The maximum absolute atomic E-state index is 14.5. The highest BCUT2D eigenvalue weighted by atomic mass is 35.5. The van der Waals surface area contributed by atoms with Crippen LogP contribution in [0, 0.1) is 11.8 Å². The molecule has 2 bridgehead atoms. The normalized spacial score (nSPS) is 27.0. The van der Waals surface area contributed by atoms with Crippen molar-refractivity contribution in [2.75, 3.05) is 26.8 Å². The second kappa shape index (κ2) is 10.8. The molecule has 1 aliphatic carbocycles. The summed E-state index contributed by atoms with van der Waals surface area (Å²) in [6.45, 7) is 9.34. The van der Waals surface area contributed by atoms with Crippen molar-refractivity contribution in [2.45, 2.75) is 57.2 Å². The van der Waals surface area contributed by atoms with Gasteiger partial charge in [-0.25, -0.2) is 4.98 Å². The molecule has 0 spiro atoms. The van der Waals surface area contributed by atoms with E-state index in [0.29, 0.717) is 30.2 Å². The van der Waals surface area contributed by atoms with E-state index in [1.165, 1.54) is 0 Å². The fourth-order valence-electron chi connectivity index (χ4n) is 6.73. The Bertz CT molecular complexity index is 1320. The van der Waals surface area contributed by atoms with Crippen LogP contribution in [0.5, 0.6) is 11.6 Å². The topological polar surface area (TPSA) is 80.2 Å². The number of hydrogen-bond acceptors (Lipinski definition) is 6. The maximum atomic E-state index is 14.5. The highest BCUT2D eigenvalue weighted by Crippen LogP contribution is 2.47. The Labute approximate surface area is 230 Å². The molecule has 3 saturated heterocycles. The van der Waals surface area contributed by atoms with E-state index in [-0.39, 0.29) is 18.4 Å². The number of halogens is 1. The number of fused-ring (bicyclic) bond motifs is 4. The first-order chi connectivity index (χ1) is 18.0. The number of quaternary nitrogens is 1. The number of nitrogens with zero attached hydrogens (tertiary/aromatic N) is 4. The molecule has 3 aromatic rings. The smallest absolute Gasteiger partial charge is 0.217 e. The quantitative estimate of drug-likeness (QED) is 0.290. The van der Waals surface area contributed by atoms with Crippen molar-refractivity contribution in [1.29, 1.82) is 0 Å².